The second kappa shape index (κ2) is 13.1. The number of nitrogens with two attached hydrogens (primary N) is 1. The molecule has 0 spiro atoms. The van der Waals surface area contributed by atoms with Crippen molar-refractivity contribution in [2.45, 2.75) is 51.7 Å². The van der Waals surface area contributed by atoms with Gasteiger partial charge in [-0.1, -0.05) is 20.8 Å². The van der Waals surface area contributed by atoms with Gasteiger partial charge in [-0.25, -0.2) is 9.37 Å². The van der Waals surface area contributed by atoms with Crippen LogP contribution in [0.2, 0.25) is 18.1 Å². The van der Waals surface area contributed by atoms with Crippen LogP contribution in [0.1, 0.15) is 33.6 Å². The summed E-state index contributed by atoms with van der Waals surface area (Å²) in [7, 11) is -1.93. The van der Waals surface area contributed by atoms with Crippen LogP contribution in [0.25, 0.3) is 22.4 Å². The molecular formula is C37H39FN4O6Si. The summed E-state index contributed by atoms with van der Waals surface area (Å²) in [5, 5.41) is 0.786. The van der Waals surface area contributed by atoms with Crippen LogP contribution in [0.3, 0.4) is 0 Å². The van der Waals surface area contributed by atoms with Gasteiger partial charge in [0.05, 0.1) is 23.9 Å². The predicted octanol–water partition coefficient (Wildman–Crippen LogP) is 8.15. The molecule has 12 heteroatoms. The van der Waals surface area contributed by atoms with Crippen molar-refractivity contribution in [3.8, 4) is 28.7 Å². The highest BCUT2D eigenvalue weighted by atomic mass is 28.4. The molecule has 1 fully saturated rings. The second-order valence-corrected chi connectivity index (χ2v) is 18.4. The number of ether oxygens (including phenoxy) is 2. The minimum atomic E-state index is -1.93. The monoisotopic (exact) mass is 682 g/mol. The van der Waals surface area contributed by atoms with E-state index in [9.17, 15) is 14.0 Å². The summed E-state index contributed by atoms with van der Waals surface area (Å²) in [4.78, 5) is 36.2. The van der Waals surface area contributed by atoms with Gasteiger partial charge in [0.2, 0.25) is 17.7 Å². The largest absolute Gasteiger partial charge is 0.490 e. The first kappa shape index (κ1) is 33.8. The van der Waals surface area contributed by atoms with Crippen molar-refractivity contribution < 1.29 is 32.3 Å². The molecule has 2 aromatic heterocycles. The number of carbonyl (C=O) groups excluding carboxylic acids is 2. The number of amides is 2. The third-order valence-corrected chi connectivity index (χ3v) is 13.9. The van der Waals surface area contributed by atoms with Crippen molar-refractivity contribution in [3.05, 3.63) is 91.2 Å². The van der Waals surface area contributed by atoms with E-state index in [0.717, 1.165) is 0 Å². The lowest BCUT2D eigenvalue weighted by Gasteiger charge is -2.36. The molecule has 1 saturated carbocycles. The number of aromatic nitrogens is 2. The molecule has 5 aromatic rings. The Morgan fingerprint density at radius 1 is 0.939 bits per heavy atom. The Kier molecular flexibility index (Phi) is 9.03. The highest BCUT2D eigenvalue weighted by Gasteiger charge is 2.57. The smallest absolute Gasteiger partial charge is 0.247 e. The molecule has 1 aliphatic rings. The molecule has 49 heavy (non-hydrogen) atoms. The van der Waals surface area contributed by atoms with Gasteiger partial charge in [0.1, 0.15) is 41.4 Å². The zero-order chi connectivity index (χ0) is 35.0. The fraction of sp³-hybridized carbons (Fsp3) is 0.297. The number of anilines is 2. The van der Waals surface area contributed by atoms with Crippen molar-refractivity contribution in [1.82, 2.24) is 9.97 Å². The van der Waals surface area contributed by atoms with Gasteiger partial charge in [0.15, 0.2) is 8.32 Å². The molecule has 254 valence electrons. The number of benzene rings is 3. The fourth-order valence-electron chi connectivity index (χ4n) is 5.21. The Morgan fingerprint density at radius 2 is 1.61 bits per heavy atom. The number of carbonyl (C=O) groups is 2. The average molecular weight is 683 g/mol. The molecule has 0 atom stereocenters. The third kappa shape index (κ3) is 6.92. The van der Waals surface area contributed by atoms with E-state index in [4.69, 9.17) is 24.1 Å². The van der Waals surface area contributed by atoms with Crippen LogP contribution in [-0.4, -0.2) is 43.3 Å². The lowest BCUT2D eigenvalue weighted by molar-refractivity contribution is -0.133. The Morgan fingerprint density at radius 3 is 2.20 bits per heavy atom. The summed E-state index contributed by atoms with van der Waals surface area (Å²) in [6.07, 6.45) is 5.44. The van der Waals surface area contributed by atoms with Gasteiger partial charge >= 0.3 is 0 Å². The number of primary amides is 1. The highest BCUT2D eigenvalue weighted by Crippen LogP contribution is 2.49. The Bertz CT molecular complexity index is 1970. The quantitative estimate of drug-likeness (QED) is 0.0793. The zero-order valence-corrected chi connectivity index (χ0v) is 29.2. The van der Waals surface area contributed by atoms with Gasteiger partial charge in [-0.3, -0.25) is 19.5 Å². The number of oxazole rings is 1. The van der Waals surface area contributed by atoms with Gasteiger partial charge in [-0.2, -0.15) is 0 Å². The predicted molar refractivity (Wildman–Crippen MR) is 187 cm³/mol. The maximum absolute atomic E-state index is 13.8. The molecule has 0 radical (unpaired) electrons. The van der Waals surface area contributed by atoms with E-state index < -0.39 is 31.4 Å². The molecular weight excluding hydrogens is 644 g/mol. The number of halogens is 1. The van der Waals surface area contributed by atoms with E-state index in [-0.39, 0.29) is 5.04 Å². The number of hydrogen-bond donors (Lipinski definition) is 1. The summed E-state index contributed by atoms with van der Waals surface area (Å²) < 4.78 is 38.2. The van der Waals surface area contributed by atoms with E-state index in [2.05, 4.69) is 43.8 Å². The molecule has 0 aliphatic heterocycles. The minimum Gasteiger partial charge on any atom is -0.490 e. The van der Waals surface area contributed by atoms with Crippen LogP contribution in [0.5, 0.6) is 17.2 Å². The molecule has 0 unspecified atom stereocenters. The maximum atomic E-state index is 13.8. The standard InChI is InChI=1S/C37H39FN4O6Si/c1-36(2,3)49(4,5)47-21-20-45-32-23-30-28(22-29(32)33-41-18-19-46-33)31(14-17-40-30)48-27-12-10-26(11-13-27)42(25-8-6-24(38)7-9-25)35(44)37(15-16-37)34(39)43/h6-14,17-19,22-23H,15-16,20-21H2,1-5H3,(H2,39,43). The SMILES string of the molecule is CC(C)(C)[Si](C)(C)OCCOc1cc2nccc(Oc3ccc(N(C(=O)C4(C(N)=O)CC4)c4ccc(F)cc4)cc3)c2cc1-c1ncco1. The minimum absolute atomic E-state index is 0.0869. The van der Waals surface area contributed by atoms with Crippen LogP contribution in [-0.2, 0) is 14.0 Å². The molecule has 2 N–H and O–H groups in total. The fourth-order valence-corrected chi connectivity index (χ4v) is 6.24. The molecule has 6 rings (SSSR count). The lowest BCUT2D eigenvalue weighted by atomic mass is 10.0. The van der Waals surface area contributed by atoms with Crippen LogP contribution in [0.4, 0.5) is 15.8 Å². The van der Waals surface area contributed by atoms with Gasteiger partial charge in [-0.05, 0) is 91.6 Å². The molecule has 2 heterocycles. The van der Waals surface area contributed by atoms with Crippen LogP contribution >= 0.6 is 0 Å². The van der Waals surface area contributed by atoms with E-state index >= 15 is 0 Å². The summed E-state index contributed by atoms with van der Waals surface area (Å²) >= 11 is 0. The zero-order valence-electron chi connectivity index (χ0n) is 28.2. The Balaban J connectivity index is 1.27. The van der Waals surface area contributed by atoms with Gasteiger partial charge < -0.3 is 24.1 Å². The van der Waals surface area contributed by atoms with E-state index in [0.29, 0.717) is 77.0 Å². The summed E-state index contributed by atoms with van der Waals surface area (Å²) in [5.41, 5.74) is 6.51. The summed E-state index contributed by atoms with van der Waals surface area (Å²) in [6.45, 7) is 11.8. The first-order valence-electron chi connectivity index (χ1n) is 16.1. The summed E-state index contributed by atoms with van der Waals surface area (Å²) in [6, 6.07) is 17.8. The van der Waals surface area contributed by atoms with Crippen molar-refractivity contribution >= 4 is 42.4 Å². The van der Waals surface area contributed by atoms with Crippen molar-refractivity contribution in [1.29, 1.82) is 0 Å². The Hall–Kier alpha value is -5.07. The van der Waals surface area contributed by atoms with Crippen LogP contribution in [0, 0.1) is 11.2 Å². The Labute approximate surface area is 285 Å². The molecule has 1 aliphatic carbocycles. The van der Waals surface area contributed by atoms with Crippen molar-refractivity contribution in [2.24, 2.45) is 11.1 Å². The maximum Gasteiger partial charge on any atom is 0.247 e. The summed E-state index contributed by atoms with van der Waals surface area (Å²) in [5.74, 6) is 0.375. The van der Waals surface area contributed by atoms with Crippen molar-refractivity contribution in [2.75, 3.05) is 18.1 Å². The van der Waals surface area contributed by atoms with Crippen molar-refractivity contribution in [3.63, 3.8) is 0 Å². The van der Waals surface area contributed by atoms with Gasteiger partial charge in [-0.15, -0.1) is 0 Å². The molecule has 0 saturated heterocycles. The third-order valence-electron chi connectivity index (χ3n) is 9.32. The van der Waals surface area contributed by atoms with E-state index in [1.807, 2.05) is 12.1 Å². The molecule has 3 aromatic carbocycles. The topological polar surface area (TPSA) is 130 Å². The number of fused-ring (bicyclic) bond motifs is 1. The number of hydrogen-bond acceptors (Lipinski definition) is 8. The van der Waals surface area contributed by atoms with Crippen LogP contribution < -0.4 is 20.1 Å². The van der Waals surface area contributed by atoms with Crippen LogP contribution in [0.15, 0.2) is 89.8 Å². The highest BCUT2D eigenvalue weighted by molar-refractivity contribution is 6.74. The van der Waals surface area contributed by atoms with Gasteiger partial charge in [0, 0.05) is 29.0 Å². The molecule has 2 amide bonds. The van der Waals surface area contributed by atoms with E-state index in [1.165, 1.54) is 35.4 Å². The molecule has 0 bridgehead atoms. The number of rotatable bonds is 12. The van der Waals surface area contributed by atoms with E-state index in [1.54, 1.807) is 42.7 Å². The molecule has 10 nitrogen and oxygen atoms in total. The number of pyridine rings is 1. The second-order valence-electron chi connectivity index (χ2n) is 13.6. The average Bonchev–Trinajstić information content (AvgIpc) is 3.71. The first-order valence-corrected chi connectivity index (χ1v) is 19.0. The first-order chi connectivity index (χ1) is 23.3. The van der Waals surface area contributed by atoms with Gasteiger partial charge in [0.25, 0.3) is 0 Å². The lowest BCUT2D eigenvalue weighted by Crippen LogP contribution is -2.41. The number of nitrogens with zero attached hydrogens (tertiary/aromatic N) is 3. The normalized spacial score (nSPS) is 14.0.